The third-order valence-corrected chi connectivity index (χ3v) is 4.04. The van der Waals surface area contributed by atoms with E-state index in [0.29, 0.717) is 6.54 Å². The van der Waals surface area contributed by atoms with Crippen LogP contribution in [0.4, 0.5) is 0 Å². The Labute approximate surface area is 114 Å². The van der Waals surface area contributed by atoms with Gasteiger partial charge >= 0.3 is 0 Å². The second-order valence-electron chi connectivity index (χ2n) is 4.93. The molecule has 1 aliphatic rings. The average Bonchev–Trinajstić information content (AvgIpc) is 2.41. The first-order valence-electron chi connectivity index (χ1n) is 6.57. The van der Waals surface area contributed by atoms with Gasteiger partial charge in [0, 0.05) is 24.2 Å². The van der Waals surface area contributed by atoms with Crippen molar-refractivity contribution in [1.29, 1.82) is 0 Å². The molecule has 0 spiro atoms. The second kappa shape index (κ2) is 6.53. The fourth-order valence-corrected chi connectivity index (χ4v) is 2.80. The monoisotopic (exact) mass is 268 g/mol. The van der Waals surface area contributed by atoms with Gasteiger partial charge in [-0.1, -0.05) is 30.2 Å². The molecule has 0 amide bonds. The van der Waals surface area contributed by atoms with Crippen LogP contribution in [-0.2, 0) is 13.1 Å². The van der Waals surface area contributed by atoms with Gasteiger partial charge in [0.05, 0.1) is 6.61 Å². The molecular formula is C14H21ClN2O. The van der Waals surface area contributed by atoms with E-state index in [-0.39, 0.29) is 12.6 Å². The zero-order valence-electron chi connectivity index (χ0n) is 10.6. The van der Waals surface area contributed by atoms with Gasteiger partial charge in [0.1, 0.15) is 0 Å². The van der Waals surface area contributed by atoms with Crippen LogP contribution in [0.2, 0.25) is 5.02 Å². The Morgan fingerprint density at radius 2 is 2.22 bits per heavy atom. The summed E-state index contributed by atoms with van der Waals surface area (Å²) in [6, 6.07) is 6.30. The first-order valence-corrected chi connectivity index (χ1v) is 6.94. The molecule has 1 unspecified atom stereocenters. The highest BCUT2D eigenvalue weighted by Gasteiger charge is 2.22. The van der Waals surface area contributed by atoms with Crippen LogP contribution in [0, 0.1) is 0 Å². The van der Waals surface area contributed by atoms with E-state index < -0.39 is 0 Å². The summed E-state index contributed by atoms with van der Waals surface area (Å²) in [6.45, 7) is 2.61. The fraction of sp³-hybridized carbons (Fsp3) is 0.571. The Bertz CT molecular complexity index is 397. The first kappa shape index (κ1) is 13.8. The summed E-state index contributed by atoms with van der Waals surface area (Å²) in [4.78, 5) is 2.33. The fourth-order valence-electron chi connectivity index (χ4n) is 2.54. The highest BCUT2D eigenvalue weighted by molar-refractivity contribution is 6.31. The average molecular weight is 269 g/mol. The Balaban J connectivity index is 2.07. The summed E-state index contributed by atoms with van der Waals surface area (Å²) in [7, 11) is 0. The lowest BCUT2D eigenvalue weighted by Gasteiger charge is -2.34. The van der Waals surface area contributed by atoms with Crippen LogP contribution < -0.4 is 5.73 Å². The SMILES string of the molecule is NCc1ccc(CN2CCCCC2CO)c(Cl)c1. The number of rotatable bonds is 4. The number of benzene rings is 1. The molecule has 1 aromatic carbocycles. The van der Waals surface area contributed by atoms with Crippen LogP contribution in [0.25, 0.3) is 0 Å². The van der Waals surface area contributed by atoms with Crippen LogP contribution >= 0.6 is 11.6 Å². The minimum absolute atomic E-state index is 0.235. The summed E-state index contributed by atoms with van der Waals surface area (Å²) in [5.74, 6) is 0. The van der Waals surface area contributed by atoms with Gasteiger partial charge < -0.3 is 10.8 Å². The number of piperidine rings is 1. The van der Waals surface area contributed by atoms with E-state index in [2.05, 4.69) is 4.90 Å². The second-order valence-corrected chi connectivity index (χ2v) is 5.34. The van der Waals surface area contributed by atoms with Crippen LogP contribution in [0.3, 0.4) is 0 Å². The number of hydrogen-bond donors (Lipinski definition) is 2. The molecule has 0 radical (unpaired) electrons. The predicted molar refractivity (Wildman–Crippen MR) is 74.5 cm³/mol. The van der Waals surface area contributed by atoms with Crippen molar-refractivity contribution >= 4 is 11.6 Å². The minimum atomic E-state index is 0.235. The van der Waals surface area contributed by atoms with Crippen molar-refractivity contribution in [3.63, 3.8) is 0 Å². The molecule has 3 N–H and O–H groups in total. The molecule has 100 valence electrons. The van der Waals surface area contributed by atoms with E-state index in [1.165, 1.54) is 12.8 Å². The van der Waals surface area contributed by atoms with E-state index in [1.807, 2.05) is 18.2 Å². The van der Waals surface area contributed by atoms with Crippen LogP contribution in [0.15, 0.2) is 18.2 Å². The zero-order valence-corrected chi connectivity index (χ0v) is 11.4. The molecule has 0 aliphatic carbocycles. The largest absolute Gasteiger partial charge is 0.395 e. The minimum Gasteiger partial charge on any atom is -0.395 e. The van der Waals surface area contributed by atoms with E-state index >= 15 is 0 Å². The van der Waals surface area contributed by atoms with Crippen molar-refractivity contribution < 1.29 is 5.11 Å². The molecule has 1 aromatic rings. The first-order chi connectivity index (χ1) is 8.74. The number of likely N-dealkylation sites (tertiary alicyclic amines) is 1. The highest BCUT2D eigenvalue weighted by Crippen LogP contribution is 2.24. The van der Waals surface area contributed by atoms with E-state index in [9.17, 15) is 5.11 Å². The van der Waals surface area contributed by atoms with Crippen LogP contribution in [-0.4, -0.2) is 29.2 Å². The van der Waals surface area contributed by atoms with Gasteiger partial charge in [-0.2, -0.15) is 0 Å². The molecule has 1 atom stereocenters. The van der Waals surface area contributed by atoms with Crippen molar-refractivity contribution in [2.75, 3.05) is 13.2 Å². The smallest absolute Gasteiger partial charge is 0.0586 e. The molecule has 0 bridgehead atoms. The predicted octanol–water partition coefficient (Wildman–Crippen LogP) is 2.15. The van der Waals surface area contributed by atoms with Gasteiger partial charge in [-0.3, -0.25) is 4.90 Å². The number of nitrogens with two attached hydrogens (primary N) is 1. The number of hydrogen-bond acceptors (Lipinski definition) is 3. The maximum atomic E-state index is 9.40. The van der Waals surface area contributed by atoms with Gasteiger partial charge in [-0.05, 0) is 36.6 Å². The van der Waals surface area contributed by atoms with Crippen molar-refractivity contribution in [3.8, 4) is 0 Å². The summed E-state index contributed by atoms with van der Waals surface area (Å²) < 4.78 is 0. The molecule has 3 nitrogen and oxygen atoms in total. The van der Waals surface area contributed by atoms with Gasteiger partial charge in [-0.25, -0.2) is 0 Å². The Kier molecular flexibility index (Phi) is 5.01. The molecular weight excluding hydrogens is 248 g/mol. The van der Waals surface area contributed by atoms with Crippen molar-refractivity contribution in [1.82, 2.24) is 4.90 Å². The quantitative estimate of drug-likeness (QED) is 0.880. The molecule has 1 aliphatic heterocycles. The Morgan fingerprint density at radius 3 is 2.89 bits per heavy atom. The molecule has 1 saturated heterocycles. The third-order valence-electron chi connectivity index (χ3n) is 3.69. The number of halogens is 1. The van der Waals surface area contributed by atoms with Crippen LogP contribution in [0.5, 0.6) is 0 Å². The summed E-state index contributed by atoms with van der Waals surface area (Å²) >= 11 is 6.27. The lowest BCUT2D eigenvalue weighted by atomic mass is 10.0. The lowest BCUT2D eigenvalue weighted by Crippen LogP contribution is -2.41. The van der Waals surface area contributed by atoms with Crippen molar-refractivity contribution in [3.05, 3.63) is 34.3 Å². The van der Waals surface area contributed by atoms with E-state index in [1.54, 1.807) is 0 Å². The Hall–Kier alpha value is -0.610. The van der Waals surface area contributed by atoms with Gasteiger partial charge in [0.2, 0.25) is 0 Å². The molecule has 4 heteroatoms. The number of aliphatic hydroxyl groups is 1. The van der Waals surface area contributed by atoms with Gasteiger partial charge in [0.25, 0.3) is 0 Å². The summed E-state index contributed by atoms with van der Waals surface area (Å²) in [5.41, 5.74) is 7.77. The van der Waals surface area contributed by atoms with Crippen molar-refractivity contribution in [2.24, 2.45) is 5.73 Å². The molecule has 1 heterocycles. The molecule has 1 fully saturated rings. The van der Waals surface area contributed by atoms with Gasteiger partial charge in [0.15, 0.2) is 0 Å². The zero-order chi connectivity index (χ0) is 13.0. The number of nitrogens with zero attached hydrogens (tertiary/aromatic N) is 1. The maximum Gasteiger partial charge on any atom is 0.0586 e. The molecule has 0 aromatic heterocycles. The highest BCUT2D eigenvalue weighted by atomic mass is 35.5. The third kappa shape index (κ3) is 3.23. The molecule has 18 heavy (non-hydrogen) atoms. The van der Waals surface area contributed by atoms with Crippen LogP contribution in [0.1, 0.15) is 30.4 Å². The van der Waals surface area contributed by atoms with Gasteiger partial charge in [-0.15, -0.1) is 0 Å². The summed E-state index contributed by atoms with van der Waals surface area (Å²) in [6.07, 6.45) is 3.49. The Morgan fingerprint density at radius 1 is 1.39 bits per heavy atom. The summed E-state index contributed by atoms with van der Waals surface area (Å²) in [5, 5.41) is 10.2. The maximum absolute atomic E-state index is 9.40. The normalized spacial score (nSPS) is 21.2. The van der Waals surface area contributed by atoms with Crippen molar-refractivity contribution in [2.45, 2.75) is 38.4 Å². The standard InChI is InChI=1S/C14H21ClN2O/c15-14-7-11(8-16)4-5-12(14)9-17-6-2-1-3-13(17)10-18/h4-5,7,13,18H,1-3,6,8-10,16H2. The molecule has 2 rings (SSSR count). The lowest BCUT2D eigenvalue weighted by molar-refractivity contribution is 0.0841. The topological polar surface area (TPSA) is 49.5 Å². The molecule has 0 saturated carbocycles. The number of aliphatic hydroxyl groups excluding tert-OH is 1. The van der Waals surface area contributed by atoms with E-state index in [4.69, 9.17) is 17.3 Å². The van der Waals surface area contributed by atoms with E-state index in [0.717, 1.165) is 35.7 Å².